The third-order valence-corrected chi connectivity index (χ3v) is 12.7. The van der Waals surface area contributed by atoms with Crippen LogP contribution in [0.1, 0.15) is 81.2 Å². The summed E-state index contributed by atoms with van der Waals surface area (Å²) >= 11 is 13.7. The quantitative estimate of drug-likeness (QED) is 0.132. The number of likely N-dealkylation sites (tertiary alicyclic amines) is 1. The zero-order valence-corrected chi connectivity index (χ0v) is 34.5. The first-order valence-corrected chi connectivity index (χ1v) is 20.3. The number of aromatic nitrogens is 4. The molecule has 2 N–H and O–H groups in total. The van der Waals surface area contributed by atoms with Crippen molar-refractivity contribution < 1.29 is 14.3 Å². The molecule has 5 heterocycles. The number of halogens is 2. The Balaban J connectivity index is 1.24. The maximum absolute atomic E-state index is 15.2. The number of fused-ring (bicyclic) bond motifs is 4. The number of nitrogens with two attached hydrogens (primary N) is 1. The second kappa shape index (κ2) is 15.0. The molecular formula is C44H49Cl2N7O3. The first-order chi connectivity index (χ1) is 26.8. The van der Waals surface area contributed by atoms with Crippen molar-refractivity contribution in [2.75, 3.05) is 37.7 Å². The second-order valence-electron chi connectivity index (χ2n) is 15.6. The predicted octanol–water partition coefficient (Wildman–Crippen LogP) is 8.96. The Hall–Kier alpha value is -4.77. The summed E-state index contributed by atoms with van der Waals surface area (Å²) in [4.78, 5) is 31.8. The minimum absolute atomic E-state index is 0.104. The molecule has 56 heavy (non-hydrogen) atoms. The predicted molar refractivity (Wildman–Crippen MR) is 226 cm³/mol. The maximum Gasteiger partial charge on any atom is 0.275 e. The fourth-order valence-corrected chi connectivity index (χ4v) is 9.42. The lowest BCUT2D eigenvalue weighted by Crippen LogP contribution is -2.42. The molecule has 12 heteroatoms. The average molecular weight is 795 g/mol. The van der Waals surface area contributed by atoms with Crippen molar-refractivity contribution in [2.24, 2.45) is 12.8 Å². The van der Waals surface area contributed by atoms with Crippen molar-refractivity contribution in [3.8, 4) is 16.9 Å². The lowest BCUT2D eigenvalue weighted by atomic mass is 9.98. The number of carbonyl (C=O) groups excluding carboxylic acids is 2. The van der Waals surface area contributed by atoms with Crippen LogP contribution in [0.5, 0.6) is 5.75 Å². The van der Waals surface area contributed by atoms with Crippen LogP contribution in [0.3, 0.4) is 0 Å². The smallest absolute Gasteiger partial charge is 0.275 e. The van der Waals surface area contributed by atoms with Crippen molar-refractivity contribution in [3.63, 3.8) is 0 Å². The number of benzene rings is 3. The fraction of sp³-hybridized carbons (Fsp3) is 0.386. The SMILES string of the molecule is Cc1cc(OCCCc2c3n(c4c(-c5c(C)nn(CCN6CCCC6)c5C)c(Cl)ccc24)[C@H](C)CN(c2cn(C)c4ccc(C(N)=O)cc24)C3=O)cc(C)c1Cl. The third kappa shape index (κ3) is 6.55. The number of ether oxygens (including phenoxy) is 1. The summed E-state index contributed by atoms with van der Waals surface area (Å²) in [5, 5.41) is 8.21. The third-order valence-electron chi connectivity index (χ3n) is 11.8. The minimum Gasteiger partial charge on any atom is -0.494 e. The molecule has 2 aliphatic heterocycles. The molecule has 0 aliphatic carbocycles. The van der Waals surface area contributed by atoms with E-state index in [1.165, 1.54) is 12.8 Å². The van der Waals surface area contributed by atoms with Crippen molar-refractivity contribution >= 4 is 62.5 Å². The molecule has 3 aromatic heterocycles. The van der Waals surface area contributed by atoms with Crippen LogP contribution in [0.25, 0.3) is 32.9 Å². The molecule has 1 fully saturated rings. The number of hydrogen-bond donors (Lipinski definition) is 1. The highest BCUT2D eigenvalue weighted by atomic mass is 35.5. The highest BCUT2D eigenvalue weighted by Gasteiger charge is 2.38. The molecule has 3 aromatic carbocycles. The first kappa shape index (κ1) is 38.1. The summed E-state index contributed by atoms with van der Waals surface area (Å²) in [6.07, 6.45) is 5.74. The van der Waals surface area contributed by atoms with Crippen molar-refractivity contribution in [1.29, 1.82) is 0 Å². The molecule has 0 saturated carbocycles. The summed E-state index contributed by atoms with van der Waals surface area (Å²) < 4.78 is 12.6. The molecule has 0 spiro atoms. The van der Waals surface area contributed by atoms with Gasteiger partial charge < -0.3 is 29.4 Å². The van der Waals surface area contributed by atoms with Crippen molar-refractivity contribution in [2.45, 2.75) is 72.9 Å². The summed E-state index contributed by atoms with van der Waals surface area (Å²) in [5.41, 5.74) is 16.1. The van der Waals surface area contributed by atoms with Gasteiger partial charge in [-0.25, -0.2) is 0 Å². The van der Waals surface area contributed by atoms with Gasteiger partial charge in [-0.05, 0) is 126 Å². The molecular weight excluding hydrogens is 745 g/mol. The molecule has 0 unspecified atom stereocenters. The number of amides is 2. The van der Waals surface area contributed by atoms with E-state index in [1.807, 2.05) is 60.8 Å². The van der Waals surface area contributed by atoms with Gasteiger partial charge in [0.25, 0.3) is 5.91 Å². The lowest BCUT2D eigenvalue weighted by molar-refractivity contribution is 0.0956. The van der Waals surface area contributed by atoms with E-state index in [1.54, 1.807) is 12.1 Å². The fourth-order valence-electron chi connectivity index (χ4n) is 9.06. The highest BCUT2D eigenvalue weighted by molar-refractivity contribution is 6.35. The van der Waals surface area contributed by atoms with Crippen molar-refractivity contribution in [3.05, 3.63) is 98.0 Å². The van der Waals surface area contributed by atoms with Gasteiger partial charge in [0.1, 0.15) is 11.4 Å². The van der Waals surface area contributed by atoms with E-state index in [2.05, 4.69) is 41.0 Å². The van der Waals surface area contributed by atoms with E-state index in [-0.39, 0.29) is 11.9 Å². The van der Waals surface area contributed by atoms with E-state index < -0.39 is 5.91 Å². The van der Waals surface area contributed by atoms with Gasteiger partial charge in [0.15, 0.2) is 0 Å². The van der Waals surface area contributed by atoms with Gasteiger partial charge in [0.05, 0.1) is 35.1 Å². The number of aryl methyl sites for hydroxylation is 5. The van der Waals surface area contributed by atoms with Gasteiger partial charge in [-0.3, -0.25) is 14.3 Å². The molecule has 0 radical (unpaired) electrons. The van der Waals surface area contributed by atoms with Crippen LogP contribution in [-0.2, 0) is 20.0 Å². The monoisotopic (exact) mass is 793 g/mol. The lowest BCUT2D eigenvalue weighted by Gasteiger charge is -2.34. The van der Waals surface area contributed by atoms with Crippen LogP contribution < -0.4 is 15.4 Å². The molecule has 2 amide bonds. The molecule has 8 rings (SSSR count). The summed E-state index contributed by atoms with van der Waals surface area (Å²) in [6.45, 7) is 15.2. The van der Waals surface area contributed by atoms with Gasteiger partial charge >= 0.3 is 0 Å². The van der Waals surface area contributed by atoms with Crippen LogP contribution in [0.4, 0.5) is 5.69 Å². The molecule has 1 saturated heterocycles. The van der Waals surface area contributed by atoms with Crippen LogP contribution in [0, 0.1) is 27.7 Å². The Kier molecular flexibility index (Phi) is 10.2. The maximum atomic E-state index is 15.2. The summed E-state index contributed by atoms with van der Waals surface area (Å²) in [7, 11) is 1.95. The summed E-state index contributed by atoms with van der Waals surface area (Å²) in [5.74, 6) is 0.160. The zero-order valence-electron chi connectivity index (χ0n) is 33.0. The van der Waals surface area contributed by atoms with Crippen LogP contribution in [0.2, 0.25) is 10.0 Å². The number of nitrogens with zero attached hydrogens (tertiary/aromatic N) is 6. The summed E-state index contributed by atoms with van der Waals surface area (Å²) in [6, 6.07) is 13.2. The Bertz CT molecular complexity index is 2520. The van der Waals surface area contributed by atoms with Crippen molar-refractivity contribution in [1.82, 2.24) is 23.8 Å². The van der Waals surface area contributed by atoms with Crippen LogP contribution >= 0.6 is 23.2 Å². The topological polar surface area (TPSA) is 104 Å². The minimum atomic E-state index is -0.511. The molecule has 0 bridgehead atoms. The van der Waals surface area contributed by atoms with Gasteiger partial charge in [-0.1, -0.05) is 29.3 Å². The first-order valence-electron chi connectivity index (χ1n) is 19.6. The Morgan fingerprint density at radius 2 is 1.70 bits per heavy atom. The zero-order chi connectivity index (χ0) is 39.6. The Labute approximate surface area is 337 Å². The number of anilines is 1. The van der Waals surface area contributed by atoms with Gasteiger partial charge in [0.2, 0.25) is 5.91 Å². The number of carbonyl (C=O) groups is 2. The van der Waals surface area contributed by atoms with E-state index in [0.717, 1.165) is 104 Å². The number of hydrogen-bond acceptors (Lipinski definition) is 5. The van der Waals surface area contributed by atoms with Gasteiger partial charge in [0, 0.05) is 76.1 Å². The molecule has 2 aliphatic rings. The van der Waals surface area contributed by atoms with Gasteiger partial charge in [-0.2, -0.15) is 5.10 Å². The Morgan fingerprint density at radius 1 is 0.964 bits per heavy atom. The number of rotatable bonds is 11. The van der Waals surface area contributed by atoms with E-state index >= 15 is 4.79 Å². The highest BCUT2D eigenvalue weighted by Crippen LogP contribution is 2.46. The van der Waals surface area contributed by atoms with Crippen LogP contribution in [-0.4, -0.2) is 68.4 Å². The average Bonchev–Trinajstić information content (AvgIpc) is 3.94. The van der Waals surface area contributed by atoms with E-state index in [9.17, 15) is 4.79 Å². The molecule has 292 valence electrons. The van der Waals surface area contributed by atoms with E-state index in [4.69, 9.17) is 38.8 Å². The molecule has 10 nitrogen and oxygen atoms in total. The standard InChI is InChI=1S/C44H49Cl2N7O3/c1-25-20-31(21-26(2)40(25)46)56-19-9-10-32-33-12-13-35(45)39(38-28(4)48-52(29(38)5)18-17-50-15-7-8-16-50)41(33)53-27(3)23-51(44(55)42(32)53)37-24-49(6)36-14-11-30(43(47)54)22-34(36)37/h11-14,20-22,24,27H,7-10,15-19,23H2,1-6H3,(H2,47,54)/t27-/m1/s1. The second-order valence-corrected chi connectivity index (χ2v) is 16.4. The largest absolute Gasteiger partial charge is 0.494 e. The number of primary amides is 1. The van der Waals surface area contributed by atoms with Gasteiger partial charge in [-0.15, -0.1) is 0 Å². The Morgan fingerprint density at radius 3 is 2.41 bits per heavy atom. The molecule has 1 atom stereocenters. The molecule has 6 aromatic rings. The van der Waals surface area contributed by atoms with E-state index in [0.29, 0.717) is 42.3 Å². The normalized spacial score (nSPS) is 16.1. The van der Waals surface area contributed by atoms with Crippen LogP contribution in [0.15, 0.2) is 48.7 Å².